The van der Waals surface area contributed by atoms with E-state index in [2.05, 4.69) is 0 Å². The lowest BCUT2D eigenvalue weighted by atomic mass is 9.76. The number of allylic oxidation sites excluding steroid dienone is 2. The van der Waals surface area contributed by atoms with Crippen molar-refractivity contribution in [1.82, 2.24) is 0 Å². The van der Waals surface area contributed by atoms with Crippen LogP contribution in [0.4, 0.5) is 4.39 Å². The van der Waals surface area contributed by atoms with Crippen LogP contribution in [0.3, 0.4) is 0 Å². The molecule has 1 aliphatic rings. The molecule has 1 fully saturated rings. The number of carbonyl (C=O) groups is 1. The minimum Gasteiger partial charge on any atom is -0.480 e. The predicted molar refractivity (Wildman–Crippen MR) is 56.2 cm³/mol. The minimum atomic E-state index is -1.36. The summed E-state index contributed by atoms with van der Waals surface area (Å²) in [6.07, 6.45) is 5.30. The lowest BCUT2D eigenvalue weighted by Crippen LogP contribution is -2.43. The summed E-state index contributed by atoms with van der Waals surface area (Å²) in [7, 11) is 0. The molecule has 0 spiro atoms. The van der Waals surface area contributed by atoms with Crippen molar-refractivity contribution in [3.8, 4) is 0 Å². The highest BCUT2D eigenvalue weighted by molar-refractivity contribution is 5.73. The molecule has 0 heterocycles. The van der Waals surface area contributed by atoms with Crippen LogP contribution < -0.4 is 5.73 Å². The molecule has 0 amide bonds. The number of aliphatic carboxylic acids is 1. The Balaban J connectivity index is 2.67. The largest absolute Gasteiger partial charge is 0.480 e. The van der Waals surface area contributed by atoms with Gasteiger partial charge in [0.05, 0.1) is 0 Å². The van der Waals surface area contributed by atoms with Gasteiger partial charge in [-0.1, -0.05) is 12.2 Å². The van der Waals surface area contributed by atoms with Crippen LogP contribution in [0.2, 0.25) is 0 Å². The first-order valence-corrected chi connectivity index (χ1v) is 5.30. The van der Waals surface area contributed by atoms with Gasteiger partial charge in [0, 0.05) is 0 Å². The van der Waals surface area contributed by atoms with Gasteiger partial charge in [0.2, 0.25) is 0 Å². The summed E-state index contributed by atoms with van der Waals surface area (Å²) in [6.45, 7) is 1.77. The molecule has 0 radical (unpaired) electrons. The molecule has 0 saturated heterocycles. The van der Waals surface area contributed by atoms with Crippen molar-refractivity contribution in [2.75, 3.05) is 0 Å². The number of carboxylic acid groups (broad SMARTS) is 1. The van der Waals surface area contributed by atoms with E-state index in [9.17, 15) is 9.18 Å². The first kappa shape index (κ1) is 12.2. The van der Waals surface area contributed by atoms with E-state index in [0.717, 1.165) is 0 Å². The van der Waals surface area contributed by atoms with Gasteiger partial charge in [-0.15, -0.1) is 0 Å². The molecular weight excluding hydrogens is 197 g/mol. The lowest BCUT2D eigenvalue weighted by Gasteiger charge is -2.34. The van der Waals surface area contributed by atoms with Crippen LogP contribution in [0, 0.1) is 5.92 Å². The molecule has 1 aliphatic carbocycles. The van der Waals surface area contributed by atoms with Crippen molar-refractivity contribution in [2.24, 2.45) is 11.7 Å². The summed E-state index contributed by atoms with van der Waals surface area (Å²) in [4.78, 5) is 10.7. The van der Waals surface area contributed by atoms with Crippen molar-refractivity contribution in [3.05, 3.63) is 12.2 Å². The second-order valence-electron chi connectivity index (χ2n) is 4.26. The highest BCUT2D eigenvalue weighted by atomic mass is 19.1. The highest BCUT2D eigenvalue weighted by Crippen LogP contribution is 2.37. The first-order valence-electron chi connectivity index (χ1n) is 5.30. The SMILES string of the molecule is C/C=C/C1(F)CCCC([C@H](N)C(=O)O)C1. The Hall–Kier alpha value is -0.900. The Morgan fingerprint density at radius 3 is 2.93 bits per heavy atom. The maximum absolute atomic E-state index is 14.1. The van der Waals surface area contributed by atoms with Crippen molar-refractivity contribution in [1.29, 1.82) is 0 Å². The molecule has 3 atom stereocenters. The molecule has 0 aliphatic heterocycles. The summed E-state index contributed by atoms with van der Waals surface area (Å²) >= 11 is 0. The Morgan fingerprint density at radius 1 is 1.73 bits per heavy atom. The maximum atomic E-state index is 14.1. The van der Waals surface area contributed by atoms with E-state index in [0.29, 0.717) is 19.3 Å². The Labute approximate surface area is 89.2 Å². The normalized spacial score (nSPS) is 34.2. The van der Waals surface area contributed by atoms with E-state index in [4.69, 9.17) is 10.8 Å². The van der Waals surface area contributed by atoms with Crippen LogP contribution in [0.25, 0.3) is 0 Å². The molecular formula is C11H18FNO2. The second-order valence-corrected chi connectivity index (χ2v) is 4.26. The molecule has 3 N–H and O–H groups in total. The summed E-state index contributed by atoms with van der Waals surface area (Å²) in [5.41, 5.74) is 4.16. The third kappa shape index (κ3) is 3.02. The van der Waals surface area contributed by atoms with Gasteiger partial charge < -0.3 is 10.8 Å². The van der Waals surface area contributed by atoms with E-state index in [1.807, 2.05) is 0 Å². The minimum absolute atomic E-state index is 0.227. The zero-order valence-corrected chi connectivity index (χ0v) is 8.95. The van der Waals surface area contributed by atoms with Crippen LogP contribution in [0.1, 0.15) is 32.6 Å². The molecule has 1 rings (SSSR count). The average molecular weight is 215 g/mol. The summed E-state index contributed by atoms with van der Waals surface area (Å²) in [5.74, 6) is -1.29. The smallest absolute Gasteiger partial charge is 0.320 e. The molecule has 0 aromatic heterocycles. The zero-order chi connectivity index (χ0) is 11.5. The monoisotopic (exact) mass is 215 g/mol. The molecule has 0 bridgehead atoms. The summed E-state index contributed by atoms with van der Waals surface area (Å²) in [5, 5.41) is 8.77. The number of nitrogens with two attached hydrogens (primary N) is 1. The highest BCUT2D eigenvalue weighted by Gasteiger charge is 2.38. The number of halogens is 1. The van der Waals surface area contributed by atoms with E-state index in [-0.39, 0.29) is 12.3 Å². The number of rotatable bonds is 3. The van der Waals surface area contributed by atoms with Crippen LogP contribution in [0.15, 0.2) is 12.2 Å². The van der Waals surface area contributed by atoms with Crippen LogP contribution in [-0.2, 0) is 4.79 Å². The molecule has 0 aromatic carbocycles. The maximum Gasteiger partial charge on any atom is 0.320 e. The Kier molecular flexibility index (Phi) is 3.85. The van der Waals surface area contributed by atoms with Crippen molar-refractivity contribution in [3.63, 3.8) is 0 Å². The average Bonchev–Trinajstić information content (AvgIpc) is 2.16. The van der Waals surface area contributed by atoms with Gasteiger partial charge in [0.15, 0.2) is 0 Å². The molecule has 86 valence electrons. The fourth-order valence-corrected chi connectivity index (χ4v) is 2.26. The Bertz CT molecular complexity index is 267. The molecule has 4 heteroatoms. The van der Waals surface area contributed by atoms with Gasteiger partial charge in [-0.3, -0.25) is 4.79 Å². The van der Waals surface area contributed by atoms with Crippen LogP contribution >= 0.6 is 0 Å². The topological polar surface area (TPSA) is 63.3 Å². The van der Waals surface area contributed by atoms with Crippen molar-refractivity contribution in [2.45, 2.75) is 44.3 Å². The molecule has 3 nitrogen and oxygen atoms in total. The zero-order valence-electron chi connectivity index (χ0n) is 8.95. The molecule has 1 saturated carbocycles. The van der Waals surface area contributed by atoms with Gasteiger partial charge in [-0.05, 0) is 38.5 Å². The van der Waals surface area contributed by atoms with Crippen molar-refractivity contribution < 1.29 is 14.3 Å². The third-order valence-corrected chi connectivity index (χ3v) is 3.03. The van der Waals surface area contributed by atoms with Gasteiger partial charge in [0.25, 0.3) is 0 Å². The number of hydrogen-bond donors (Lipinski definition) is 2. The quantitative estimate of drug-likeness (QED) is 0.706. The van der Waals surface area contributed by atoms with E-state index in [1.165, 1.54) is 6.08 Å². The summed E-state index contributed by atoms with van der Waals surface area (Å²) in [6, 6.07) is -0.939. The predicted octanol–water partition coefficient (Wildman–Crippen LogP) is 1.87. The fraction of sp³-hybridized carbons (Fsp3) is 0.727. The van der Waals surface area contributed by atoms with E-state index < -0.39 is 17.7 Å². The standard InChI is InChI=1S/C11H18FNO2/c1-2-5-11(12)6-3-4-8(7-11)9(13)10(14)15/h2,5,8-9H,3-4,6-7,13H2,1H3,(H,14,15)/b5-2+/t8?,9-,11?/m0/s1. The van der Waals surface area contributed by atoms with Gasteiger partial charge in [-0.2, -0.15) is 0 Å². The van der Waals surface area contributed by atoms with Gasteiger partial charge in [0.1, 0.15) is 11.7 Å². The van der Waals surface area contributed by atoms with E-state index >= 15 is 0 Å². The number of hydrogen-bond acceptors (Lipinski definition) is 2. The molecule has 2 unspecified atom stereocenters. The third-order valence-electron chi connectivity index (χ3n) is 3.03. The van der Waals surface area contributed by atoms with Crippen LogP contribution in [-0.4, -0.2) is 22.8 Å². The second kappa shape index (κ2) is 4.75. The molecule has 15 heavy (non-hydrogen) atoms. The number of carboxylic acids is 1. The molecule has 0 aromatic rings. The van der Waals surface area contributed by atoms with Crippen LogP contribution in [0.5, 0.6) is 0 Å². The fourth-order valence-electron chi connectivity index (χ4n) is 2.26. The van der Waals surface area contributed by atoms with Gasteiger partial charge >= 0.3 is 5.97 Å². The lowest BCUT2D eigenvalue weighted by molar-refractivity contribution is -0.140. The van der Waals surface area contributed by atoms with Crippen molar-refractivity contribution >= 4 is 5.97 Å². The van der Waals surface area contributed by atoms with E-state index in [1.54, 1.807) is 13.0 Å². The Morgan fingerprint density at radius 2 is 2.40 bits per heavy atom. The number of alkyl halides is 1. The van der Waals surface area contributed by atoms with Gasteiger partial charge in [-0.25, -0.2) is 4.39 Å². The summed E-state index contributed by atoms with van der Waals surface area (Å²) < 4.78 is 14.1. The first-order chi connectivity index (χ1) is 6.98.